The number of benzene rings is 1. The Morgan fingerprint density at radius 2 is 2.22 bits per heavy atom. The van der Waals surface area contributed by atoms with Crippen molar-refractivity contribution in [2.24, 2.45) is 0 Å². The van der Waals surface area contributed by atoms with E-state index in [-0.39, 0.29) is 24.8 Å². The molecule has 2 aromatic rings. The number of carbonyl (C=O) groups is 1. The summed E-state index contributed by atoms with van der Waals surface area (Å²) in [5, 5.41) is 7.13. The Hall–Kier alpha value is -2.65. The van der Waals surface area contributed by atoms with Gasteiger partial charge in [0.2, 0.25) is 24.4 Å². The number of methoxy groups -OCH3 is 1. The summed E-state index contributed by atoms with van der Waals surface area (Å²) in [6.07, 6.45) is 1.08. The van der Waals surface area contributed by atoms with Crippen molar-refractivity contribution in [2.45, 2.75) is 24.9 Å². The van der Waals surface area contributed by atoms with E-state index in [0.717, 1.165) is 18.5 Å². The van der Waals surface area contributed by atoms with Crippen LogP contribution in [-0.4, -0.2) is 61.1 Å². The molecule has 2 aliphatic rings. The molecular weight excluding hydrogens is 352 g/mol. The number of rotatable bonds is 6. The Labute approximate surface area is 156 Å². The first-order valence-electron chi connectivity index (χ1n) is 8.86. The molecule has 2 aliphatic heterocycles. The molecule has 1 aromatic heterocycles. The molecule has 1 saturated heterocycles. The van der Waals surface area contributed by atoms with Crippen molar-refractivity contribution < 1.29 is 23.5 Å². The Morgan fingerprint density at radius 3 is 3.07 bits per heavy atom. The van der Waals surface area contributed by atoms with Crippen molar-refractivity contribution in [2.75, 3.05) is 34.1 Å². The Balaban J connectivity index is 1.43. The number of nitrogens with one attached hydrogen (secondary N) is 1. The first-order valence-corrected chi connectivity index (χ1v) is 8.86. The zero-order valence-corrected chi connectivity index (χ0v) is 15.3. The van der Waals surface area contributed by atoms with Crippen LogP contribution in [0.1, 0.15) is 24.8 Å². The maximum absolute atomic E-state index is 11.9. The fraction of sp³-hybridized carbons (Fsp3) is 0.500. The van der Waals surface area contributed by atoms with Crippen LogP contribution in [0.25, 0.3) is 11.4 Å². The van der Waals surface area contributed by atoms with E-state index in [1.165, 1.54) is 0 Å². The highest BCUT2D eigenvalue weighted by atomic mass is 16.7. The van der Waals surface area contributed by atoms with Gasteiger partial charge in [0, 0.05) is 31.7 Å². The quantitative estimate of drug-likeness (QED) is 0.809. The minimum Gasteiger partial charge on any atom is -0.454 e. The summed E-state index contributed by atoms with van der Waals surface area (Å²) in [5.41, 5.74) is 0.805. The third-order valence-corrected chi connectivity index (χ3v) is 4.80. The van der Waals surface area contributed by atoms with Gasteiger partial charge in [0.25, 0.3) is 0 Å². The Kier molecular flexibility index (Phi) is 4.95. The van der Waals surface area contributed by atoms with E-state index in [0.29, 0.717) is 36.2 Å². The van der Waals surface area contributed by atoms with E-state index >= 15 is 0 Å². The second-order valence-corrected chi connectivity index (χ2v) is 6.72. The lowest BCUT2D eigenvalue weighted by atomic mass is 10.1. The maximum Gasteiger partial charge on any atom is 0.244 e. The summed E-state index contributed by atoms with van der Waals surface area (Å²) in [5.74, 6) is 2.42. The average Bonchev–Trinajstić information content (AvgIpc) is 3.38. The topological polar surface area (TPSA) is 99.0 Å². The van der Waals surface area contributed by atoms with Gasteiger partial charge in [-0.15, -0.1) is 0 Å². The third-order valence-electron chi connectivity index (χ3n) is 4.80. The van der Waals surface area contributed by atoms with E-state index in [4.69, 9.17) is 18.7 Å². The highest BCUT2D eigenvalue weighted by Crippen LogP contribution is 2.36. The number of hydrogen-bond acceptors (Lipinski definition) is 8. The summed E-state index contributed by atoms with van der Waals surface area (Å²) in [6, 6.07) is 5.56. The lowest BCUT2D eigenvalue weighted by molar-refractivity contribution is -0.122. The number of amides is 1. The van der Waals surface area contributed by atoms with Crippen molar-refractivity contribution in [3.8, 4) is 22.9 Å². The van der Waals surface area contributed by atoms with Crippen molar-refractivity contribution in [3.05, 3.63) is 24.1 Å². The van der Waals surface area contributed by atoms with Gasteiger partial charge < -0.3 is 24.1 Å². The molecule has 9 nitrogen and oxygen atoms in total. The first-order chi connectivity index (χ1) is 13.1. The van der Waals surface area contributed by atoms with Crippen molar-refractivity contribution >= 4 is 5.91 Å². The minimum atomic E-state index is -0.0343. The van der Waals surface area contributed by atoms with E-state index in [9.17, 15) is 4.79 Å². The normalized spacial score (nSPS) is 21.6. The zero-order chi connectivity index (χ0) is 18.8. The molecule has 144 valence electrons. The van der Waals surface area contributed by atoms with Crippen molar-refractivity contribution in [3.63, 3.8) is 0 Å². The molecule has 27 heavy (non-hydrogen) atoms. The standard InChI is InChI=1S/C18H22N4O5/c1-22-9-12(19-16(23)5-6-24-2)8-13(22)18-20-17(21-27-18)11-3-4-14-15(7-11)26-10-25-14/h3-4,7,12-13H,5-6,8-10H2,1-2H3,(H,19,23). The fourth-order valence-corrected chi connectivity index (χ4v) is 3.41. The number of hydrogen-bond donors (Lipinski definition) is 1. The number of aromatic nitrogens is 2. The van der Waals surface area contributed by atoms with E-state index in [2.05, 4.69) is 20.4 Å². The molecule has 1 amide bonds. The predicted molar refractivity (Wildman–Crippen MR) is 94.3 cm³/mol. The van der Waals surface area contributed by atoms with Crippen LogP contribution in [0.15, 0.2) is 22.7 Å². The molecule has 0 spiro atoms. The third kappa shape index (κ3) is 3.74. The summed E-state index contributed by atoms with van der Waals surface area (Å²) >= 11 is 0. The SMILES string of the molecule is COCCC(=O)NC1CC(c2nc(-c3ccc4c(c3)OCO4)no2)N(C)C1. The molecule has 2 atom stereocenters. The van der Waals surface area contributed by atoms with Crippen molar-refractivity contribution in [1.82, 2.24) is 20.4 Å². The lowest BCUT2D eigenvalue weighted by Crippen LogP contribution is -2.36. The molecule has 0 aliphatic carbocycles. The van der Waals surface area contributed by atoms with Gasteiger partial charge in [0.05, 0.1) is 12.6 Å². The van der Waals surface area contributed by atoms with Crippen LogP contribution in [0.2, 0.25) is 0 Å². The number of ether oxygens (including phenoxy) is 3. The summed E-state index contributed by atoms with van der Waals surface area (Å²) in [7, 11) is 3.57. The second-order valence-electron chi connectivity index (χ2n) is 6.72. The highest BCUT2D eigenvalue weighted by molar-refractivity contribution is 5.76. The minimum absolute atomic E-state index is 0.0116. The molecule has 3 heterocycles. The van der Waals surface area contributed by atoms with Crippen LogP contribution in [0, 0.1) is 0 Å². The molecule has 4 rings (SSSR count). The molecule has 0 radical (unpaired) electrons. The van der Waals surface area contributed by atoms with E-state index < -0.39 is 0 Å². The van der Waals surface area contributed by atoms with Crippen LogP contribution in [0.5, 0.6) is 11.5 Å². The van der Waals surface area contributed by atoms with Gasteiger partial charge in [-0.1, -0.05) is 5.16 Å². The van der Waals surface area contributed by atoms with Gasteiger partial charge in [-0.2, -0.15) is 4.98 Å². The molecule has 0 saturated carbocycles. The van der Waals surface area contributed by atoms with Gasteiger partial charge in [-0.05, 0) is 31.7 Å². The van der Waals surface area contributed by atoms with Gasteiger partial charge in [-0.3, -0.25) is 9.69 Å². The monoisotopic (exact) mass is 374 g/mol. The Morgan fingerprint density at radius 1 is 1.37 bits per heavy atom. The number of nitrogens with zero attached hydrogens (tertiary/aromatic N) is 3. The first kappa shape index (κ1) is 17.7. The number of fused-ring (bicyclic) bond motifs is 1. The Bertz CT molecular complexity index is 824. The second kappa shape index (κ2) is 7.53. The molecule has 9 heteroatoms. The van der Waals surface area contributed by atoms with Crippen molar-refractivity contribution in [1.29, 1.82) is 0 Å². The summed E-state index contributed by atoms with van der Waals surface area (Å²) < 4.78 is 21.2. The molecular formula is C18H22N4O5. The molecule has 2 unspecified atom stereocenters. The average molecular weight is 374 g/mol. The lowest BCUT2D eigenvalue weighted by Gasteiger charge is -2.14. The largest absolute Gasteiger partial charge is 0.454 e. The van der Waals surface area contributed by atoms with E-state index in [1.54, 1.807) is 7.11 Å². The van der Waals surface area contributed by atoms with Gasteiger partial charge in [0.15, 0.2) is 11.5 Å². The number of carbonyl (C=O) groups excluding carboxylic acids is 1. The van der Waals surface area contributed by atoms with Crippen LogP contribution >= 0.6 is 0 Å². The molecule has 1 aromatic carbocycles. The fourth-order valence-electron chi connectivity index (χ4n) is 3.41. The molecule has 1 fully saturated rings. The molecule has 1 N–H and O–H groups in total. The number of likely N-dealkylation sites (tertiary alicyclic amines) is 1. The van der Waals surface area contributed by atoms with Crippen LogP contribution in [0.3, 0.4) is 0 Å². The van der Waals surface area contributed by atoms with Crippen LogP contribution in [-0.2, 0) is 9.53 Å². The predicted octanol–water partition coefficient (Wildman–Crippen LogP) is 1.36. The molecule has 0 bridgehead atoms. The summed E-state index contributed by atoms with van der Waals surface area (Å²) in [6.45, 7) is 1.37. The maximum atomic E-state index is 11.9. The van der Waals surface area contributed by atoms with Gasteiger partial charge >= 0.3 is 0 Å². The number of likely N-dealkylation sites (N-methyl/N-ethyl adjacent to an activating group) is 1. The van der Waals surface area contributed by atoms with Gasteiger partial charge in [-0.25, -0.2) is 0 Å². The van der Waals surface area contributed by atoms with Crippen LogP contribution in [0.4, 0.5) is 0 Å². The van der Waals surface area contributed by atoms with E-state index in [1.807, 2.05) is 25.2 Å². The summed E-state index contributed by atoms with van der Waals surface area (Å²) in [4.78, 5) is 18.6. The van der Waals surface area contributed by atoms with Crippen LogP contribution < -0.4 is 14.8 Å². The van der Waals surface area contributed by atoms with Gasteiger partial charge in [0.1, 0.15) is 0 Å². The smallest absolute Gasteiger partial charge is 0.244 e. The zero-order valence-electron chi connectivity index (χ0n) is 15.3. The highest BCUT2D eigenvalue weighted by Gasteiger charge is 2.35.